The summed E-state index contributed by atoms with van der Waals surface area (Å²) in [5.74, 6) is 0.652. The van der Waals surface area contributed by atoms with Crippen LogP contribution in [0.3, 0.4) is 0 Å². The van der Waals surface area contributed by atoms with Gasteiger partial charge in [-0.3, -0.25) is 4.79 Å². The summed E-state index contributed by atoms with van der Waals surface area (Å²) in [6.07, 6.45) is 6.29. The maximum Gasteiger partial charge on any atom is 0.253 e. The highest BCUT2D eigenvalue weighted by atomic mass is 16.1. The van der Waals surface area contributed by atoms with Gasteiger partial charge in [0.05, 0.1) is 17.4 Å². The van der Waals surface area contributed by atoms with Gasteiger partial charge in [0.25, 0.3) is 5.91 Å². The lowest BCUT2D eigenvalue weighted by molar-refractivity contribution is 0.0951. The molecule has 5 heteroatoms. The molecule has 0 aliphatic heterocycles. The summed E-state index contributed by atoms with van der Waals surface area (Å²) in [4.78, 5) is 14.5. The molecule has 1 N–H and O–H groups in total. The van der Waals surface area contributed by atoms with Gasteiger partial charge in [0.2, 0.25) is 0 Å². The zero-order valence-corrected chi connectivity index (χ0v) is 13.1. The van der Waals surface area contributed by atoms with Crippen LogP contribution in [0.5, 0.6) is 0 Å². The minimum Gasteiger partial charge on any atom is -0.352 e. The lowest BCUT2D eigenvalue weighted by atomic mass is 10.1. The molecule has 0 spiro atoms. The van der Waals surface area contributed by atoms with E-state index in [1.54, 1.807) is 4.68 Å². The molecule has 1 aromatic heterocycles. The van der Waals surface area contributed by atoms with Crippen molar-refractivity contribution in [1.29, 1.82) is 0 Å². The van der Waals surface area contributed by atoms with Crippen LogP contribution in [0.1, 0.15) is 28.8 Å². The molecule has 116 valence electrons. The van der Waals surface area contributed by atoms with Crippen LogP contribution in [-0.2, 0) is 6.54 Å². The molecule has 1 aliphatic rings. The quantitative estimate of drug-likeness (QED) is 0.888. The van der Waals surface area contributed by atoms with Gasteiger partial charge in [0.15, 0.2) is 0 Å². The van der Waals surface area contributed by atoms with Crippen molar-refractivity contribution in [2.24, 2.45) is 5.92 Å². The van der Waals surface area contributed by atoms with Gasteiger partial charge in [-0.15, -0.1) is 0 Å². The fraction of sp³-hybridized carbons (Fsp3) is 0.412. The Bertz CT molecular complexity index is 658. The number of aromatic nitrogens is 2. The van der Waals surface area contributed by atoms with Crippen molar-refractivity contribution in [1.82, 2.24) is 20.0 Å². The number of carbonyl (C=O) groups is 1. The van der Waals surface area contributed by atoms with Gasteiger partial charge in [-0.1, -0.05) is 12.1 Å². The van der Waals surface area contributed by atoms with Gasteiger partial charge in [0.1, 0.15) is 0 Å². The molecule has 22 heavy (non-hydrogen) atoms. The number of nitrogens with zero attached hydrogens (tertiary/aromatic N) is 3. The first-order chi connectivity index (χ1) is 10.6. The smallest absolute Gasteiger partial charge is 0.253 e. The number of rotatable bonds is 6. The van der Waals surface area contributed by atoms with Crippen molar-refractivity contribution in [2.75, 3.05) is 20.6 Å². The van der Waals surface area contributed by atoms with Crippen LogP contribution in [0, 0.1) is 5.92 Å². The summed E-state index contributed by atoms with van der Waals surface area (Å²) >= 11 is 0. The first kappa shape index (κ1) is 14.8. The maximum absolute atomic E-state index is 12.4. The molecule has 1 amide bonds. The number of para-hydroxylation sites is 1. The molecule has 5 nitrogen and oxygen atoms in total. The normalized spacial score (nSPS) is 14.3. The Morgan fingerprint density at radius 3 is 2.86 bits per heavy atom. The molecule has 0 bridgehead atoms. The summed E-state index contributed by atoms with van der Waals surface area (Å²) in [6, 6.07) is 7.60. The predicted octanol–water partition coefficient (Wildman–Crippen LogP) is 2.07. The maximum atomic E-state index is 12.4. The summed E-state index contributed by atoms with van der Waals surface area (Å²) in [5, 5.41) is 7.42. The van der Waals surface area contributed by atoms with Crippen molar-refractivity contribution in [2.45, 2.75) is 19.4 Å². The fourth-order valence-electron chi connectivity index (χ4n) is 2.46. The van der Waals surface area contributed by atoms with E-state index in [9.17, 15) is 4.79 Å². The van der Waals surface area contributed by atoms with Crippen LogP contribution in [0.2, 0.25) is 0 Å². The average Bonchev–Trinajstić information content (AvgIpc) is 3.23. The molecule has 1 fully saturated rings. The molecule has 1 aromatic carbocycles. The minimum absolute atomic E-state index is 0.0211. The highest BCUT2D eigenvalue weighted by molar-refractivity contribution is 5.97. The number of hydrogen-bond donors (Lipinski definition) is 1. The molecule has 0 unspecified atom stereocenters. The Balaban J connectivity index is 1.80. The molecular weight excluding hydrogens is 276 g/mol. The SMILES string of the molecule is CN(C)Cc1cnn(-c2ccccc2C(=O)NCC2CC2)c1. The number of carbonyl (C=O) groups excluding carboxylic acids is 1. The van der Waals surface area contributed by atoms with Crippen LogP contribution in [0.4, 0.5) is 0 Å². The van der Waals surface area contributed by atoms with Crippen LogP contribution in [0.25, 0.3) is 5.69 Å². The summed E-state index contributed by atoms with van der Waals surface area (Å²) < 4.78 is 1.78. The fourth-order valence-corrected chi connectivity index (χ4v) is 2.46. The molecule has 1 heterocycles. The van der Waals surface area contributed by atoms with Crippen LogP contribution in [0.15, 0.2) is 36.7 Å². The zero-order chi connectivity index (χ0) is 15.5. The van der Waals surface area contributed by atoms with Crippen LogP contribution < -0.4 is 5.32 Å². The Hall–Kier alpha value is -2.14. The van der Waals surface area contributed by atoms with E-state index >= 15 is 0 Å². The van der Waals surface area contributed by atoms with Crippen molar-refractivity contribution in [3.05, 3.63) is 47.8 Å². The highest BCUT2D eigenvalue weighted by Crippen LogP contribution is 2.27. The molecule has 1 aliphatic carbocycles. The molecule has 0 atom stereocenters. The summed E-state index contributed by atoms with van der Waals surface area (Å²) in [7, 11) is 4.05. The number of hydrogen-bond acceptors (Lipinski definition) is 3. The number of amides is 1. The Kier molecular flexibility index (Phi) is 4.24. The summed E-state index contributed by atoms with van der Waals surface area (Å²) in [6.45, 7) is 1.61. The van der Waals surface area contributed by atoms with Crippen LogP contribution >= 0.6 is 0 Å². The van der Waals surface area contributed by atoms with E-state index < -0.39 is 0 Å². The number of benzene rings is 1. The van der Waals surface area contributed by atoms with E-state index in [-0.39, 0.29) is 5.91 Å². The van der Waals surface area contributed by atoms with Gasteiger partial charge >= 0.3 is 0 Å². The second-order valence-electron chi connectivity index (χ2n) is 6.20. The molecule has 3 rings (SSSR count). The van der Waals surface area contributed by atoms with E-state index in [1.165, 1.54) is 12.8 Å². The largest absolute Gasteiger partial charge is 0.352 e. The van der Waals surface area contributed by atoms with E-state index in [0.29, 0.717) is 11.5 Å². The van der Waals surface area contributed by atoms with E-state index in [1.807, 2.05) is 50.8 Å². The van der Waals surface area contributed by atoms with Crippen molar-refractivity contribution in [3.63, 3.8) is 0 Å². The van der Waals surface area contributed by atoms with Gasteiger partial charge < -0.3 is 10.2 Å². The van der Waals surface area contributed by atoms with E-state index in [0.717, 1.165) is 24.3 Å². The predicted molar refractivity (Wildman–Crippen MR) is 86.0 cm³/mol. The molecule has 0 radical (unpaired) electrons. The Labute approximate surface area is 130 Å². The zero-order valence-electron chi connectivity index (χ0n) is 13.1. The van der Waals surface area contributed by atoms with Gasteiger partial charge in [-0.05, 0) is 45.0 Å². The summed E-state index contributed by atoms with van der Waals surface area (Å²) in [5.41, 5.74) is 2.61. The standard InChI is InChI=1S/C17H22N4O/c1-20(2)11-14-10-19-21(12-14)16-6-4-3-5-15(16)17(22)18-9-13-7-8-13/h3-6,10,12-13H,7-9,11H2,1-2H3,(H,18,22). The Morgan fingerprint density at radius 2 is 2.14 bits per heavy atom. The molecular formula is C17H22N4O. The monoisotopic (exact) mass is 298 g/mol. The average molecular weight is 298 g/mol. The topological polar surface area (TPSA) is 50.2 Å². The Morgan fingerprint density at radius 1 is 1.36 bits per heavy atom. The van der Waals surface area contributed by atoms with Gasteiger partial charge in [-0.25, -0.2) is 4.68 Å². The third-order valence-electron chi connectivity index (χ3n) is 3.78. The second-order valence-corrected chi connectivity index (χ2v) is 6.20. The van der Waals surface area contributed by atoms with E-state index in [2.05, 4.69) is 15.3 Å². The van der Waals surface area contributed by atoms with Crippen LogP contribution in [-0.4, -0.2) is 41.2 Å². The molecule has 2 aromatic rings. The van der Waals surface area contributed by atoms with Crippen molar-refractivity contribution >= 4 is 5.91 Å². The third-order valence-corrected chi connectivity index (χ3v) is 3.78. The van der Waals surface area contributed by atoms with Crippen molar-refractivity contribution in [3.8, 4) is 5.69 Å². The minimum atomic E-state index is -0.0211. The third kappa shape index (κ3) is 3.54. The molecule has 1 saturated carbocycles. The second kappa shape index (κ2) is 6.32. The van der Waals surface area contributed by atoms with Gasteiger partial charge in [-0.2, -0.15) is 5.10 Å². The first-order valence-electron chi connectivity index (χ1n) is 7.69. The first-order valence-corrected chi connectivity index (χ1v) is 7.69. The highest BCUT2D eigenvalue weighted by Gasteiger charge is 2.22. The lowest BCUT2D eigenvalue weighted by Crippen LogP contribution is -2.26. The van der Waals surface area contributed by atoms with E-state index in [4.69, 9.17) is 0 Å². The molecule has 0 saturated heterocycles. The van der Waals surface area contributed by atoms with Gasteiger partial charge in [0, 0.05) is 24.8 Å². The lowest BCUT2D eigenvalue weighted by Gasteiger charge is -2.10. The number of nitrogens with one attached hydrogen (secondary N) is 1. The van der Waals surface area contributed by atoms with Crippen molar-refractivity contribution < 1.29 is 4.79 Å².